The molecular formula is C25H24N6O2. The standard InChI is InChI=1S/C25H24N6O2/c1-4-17-7-9-18(10-8-17)15-31-22(11-12-26-31)28-25(32)19-14-20(21-6-5-13-33-21)27-24-23(19)16(2)29-30(24)3/h5-14H,4,15H2,1-3H3,(H,28,32). The Morgan fingerprint density at radius 2 is 1.91 bits per heavy atom. The number of hydrogen-bond donors (Lipinski definition) is 1. The Labute approximate surface area is 190 Å². The van der Waals surface area contributed by atoms with Crippen molar-refractivity contribution in [1.82, 2.24) is 24.5 Å². The van der Waals surface area contributed by atoms with Gasteiger partial charge in [0.1, 0.15) is 11.5 Å². The minimum atomic E-state index is -0.255. The molecule has 0 fully saturated rings. The van der Waals surface area contributed by atoms with E-state index in [-0.39, 0.29) is 5.91 Å². The summed E-state index contributed by atoms with van der Waals surface area (Å²) in [6.45, 7) is 4.56. The maximum absolute atomic E-state index is 13.4. The fourth-order valence-corrected chi connectivity index (χ4v) is 3.98. The van der Waals surface area contributed by atoms with E-state index in [9.17, 15) is 4.79 Å². The third kappa shape index (κ3) is 3.91. The van der Waals surface area contributed by atoms with Crippen LogP contribution in [0.2, 0.25) is 0 Å². The molecule has 0 aliphatic heterocycles. The van der Waals surface area contributed by atoms with Gasteiger partial charge in [0.05, 0.1) is 35.6 Å². The number of furan rings is 1. The van der Waals surface area contributed by atoms with Crippen LogP contribution in [0.1, 0.15) is 34.1 Å². The number of anilines is 1. The van der Waals surface area contributed by atoms with Gasteiger partial charge in [0.15, 0.2) is 11.4 Å². The number of benzene rings is 1. The van der Waals surface area contributed by atoms with Gasteiger partial charge in [-0.1, -0.05) is 31.2 Å². The maximum atomic E-state index is 13.4. The summed E-state index contributed by atoms with van der Waals surface area (Å²) in [5, 5.41) is 12.6. The number of carbonyl (C=O) groups excluding carboxylic acids is 1. The fourth-order valence-electron chi connectivity index (χ4n) is 3.98. The SMILES string of the molecule is CCc1ccc(Cn2nccc2NC(=O)c2cc(-c3ccco3)nc3c2c(C)nn3C)cc1. The summed E-state index contributed by atoms with van der Waals surface area (Å²) in [6.07, 6.45) is 4.26. The molecule has 8 heteroatoms. The van der Waals surface area contributed by atoms with E-state index in [1.807, 2.05) is 20.0 Å². The highest BCUT2D eigenvalue weighted by Crippen LogP contribution is 2.28. The van der Waals surface area contributed by atoms with E-state index >= 15 is 0 Å². The second kappa shape index (κ2) is 8.38. The predicted octanol–water partition coefficient (Wildman–Crippen LogP) is 4.60. The lowest BCUT2D eigenvalue weighted by Crippen LogP contribution is -2.17. The summed E-state index contributed by atoms with van der Waals surface area (Å²) in [5.74, 6) is 0.949. The van der Waals surface area contributed by atoms with Gasteiger partial charge in [0, 0.05) is 13.1 Å². The van der Waals surface area contributed by atoms with Gasteiger partial charge in [-0.15, -0.1) is 0 Å². The van der Waals surface area contributed by atoms with Crippen LogP contribution < -0.4 is 5.32 Å². The first-order chi connectivity index (χ1) is 16.0. The Morgan fingerprint density at radius 1 is 1.12 bits per heavy atom. The minimum absolute atomic E-state index is 0.255. The van der Waals surface area contributed by atoms with Gasteiger partial charge in [0.2, 0.25) is 0 Å². The van der Waals surface area contributed by atoms with Gasteiger partial charge in [0.25, 0.3) is 5.91 Å². The molecule has 166 valence electrons. The van der Waals surface area contributed by atoms with Gasteiger partial charge < -0.3 is 9.73 Å². The molecule has 0 aliphatic rings. The zero-order chi connectivity index (χ0) is 22.9. The van der Waals surface area contributed by atoms with Gasteiger partial charge in [-0.25, -0.2) is 9.67 Å². The number of carbonyl (C=O) groups is 1. The van der Waals surface area contributed by atoms with Gasteiger partial charge in [-0.2, -0.15) is 10.2 Å². The molecular weight excluding hydrogens is 416 g/mol. The third-order valence-electron chi connectivity index (χ3n) is 5.71. The largest absolute Gasteiger partial charge is 0.463 e. The molecule has 0 spiro atoms. The summed E-state index contributed by atoms with van der Waals surface area (Å²) in [5.41, 5.74) is 4.81. The molecule has 5 aromatic rings. The number of aryl methyl sites for hydroxylation is 3. The van der Waals surface area contributed by atoms with Gasteiger partial charge in [-0.3, -0.25) is 9.48 Å². The Morgan fingerprint density at radius 3 is 2.64 bits per heavy atom. The lowest BCUT2D eigenvalue weighted by molar-refractivity contribution is 0.102. The fraction of sp³-hybridized carbons (Fsp3) is 0.200. The molecule has 33 heavy (non-hydrogen) atoms. The van der Waals surface area contributed by atoms with E-state index in [1.165, 1.54) is 5.56 Å². The Kier molecular flexibility index (Phi) is 5.26. The number of amides is 1. The van der Waals surface area contributed by atoms with Crippen molar-refractivity contribution in [2.45, 2.75) is 26.8 Å². The normalized spacial score (nSPS) is 11.2. The molecule has 0 saturated carbocycles. The Hall–Kier alpha value is -4.20. The molecule has 8 nitrogen and oxygen atoms in total. The van der Waals surface area contributed by atoms with E-state index in [0.717, 1.165) is 17.7 Å². The summed E-state index contributed by atoms with van der Waals surface area (Å²) in [4.78, 5) is 18.1. The molecule has 0 atom stereocenters. The lowest BCUT2D eigenvalue weighted by Gasteiger charge is -2.11. The number of aromatic nitrogens is 5. The Balaban J connectivity index is 1.48. The molecule has 1 aromatic carbocycles. The average Bonchev–Trinajstić information content (AvgIpc) is 3.56. The van der Waals surface area contributed by atoms with Crippen molar-refractivity contribution in [2.75, 3.05) is 5.32 Å². The molecule has 0 unspecified atom stereocenters. The Bertz CT molecular complexity index is 1430. The molecule has 4 heterocycles. The highest BCUT2D eigenvalue weighted by Gasteiger charge is 2.21. The molecule has 1 amide bonds. The zero-order valence-corrected chi connectivity index (χ0v) is 18.7. The van der Waals surface area contributed by atoms with Crippen molar-refractivity contribution in [3.63, 3.8) is 0 Å². The van der Waals surface area contributed by atoms with Crippen molar-refractivity contribution in [3.8, 4) is 11.5 Å². The van der Waals surface area contributed by atoms with E-state index < -0.39 is 0 Å². The van der Waals surface area contributed by atoms with Crippen molar-refractivity contribution in [2.24, 2.45) is 7.05 Å². The molecule has 1 N–H and O–H groups in total. The van der Waals surface area contributed by atoms with Crippen LogP contribution in [-0.2, 0) is 20.0 Å². The number of fused-ring (bicyclic) bond motifs is 1. The van der Waals surface area contributed by atoms with Crippen LogP contribution in [0.5, 0.6) is 0 Å². The first kappa shape index (κ1) is 20.7. The number of rotatable bonds is 6. The summed E-state index contributed by atoms with van der Waals surface area (Å²) >= 11 is 0. The van der Waals surface area contributed by atoms with Crippen LogP contribution in [0, 0.1) is 6.92 Å². The molecule has 0 saturated heterocycles. The van der Waals surface area contributed by atoms with E-state index in [4.69, 9.17) is 4.42 Å². The average molecular weight is 441 g/mol. The minimum Gasteiger partial charge on any atom is -0.463 e. The summed E-state index contributed by atoms with van der Waals surface area (Å²) < 4.78 is 8.98. The van der Waals surface area contributed by atoms with Gasteiger partial charge >= 0.3 is 0 Å². The van der Waals surface area contributed by atoms with Crippen molar-refractivity contribution in [3.05, 3.63) is 83.4 Å². The number of nitrogens with zero attached hydrogens (tertiary/aromatic N) is 5. The summed E-state index contributed by atoms with van der Waals surface area (Å²) in [7, 11) is 1.81. The zero-order valence-electron chi connectivity index (χ0n) is 18.7. The maximum Gasteiger partial charge on any atom is 0.257 e. The molecule has 0 radical (unpaired) electrons. The predicted molar refractivity (Wildman–Crippen MR) is 126 cm³/mol. The van der Waals surface area contributed by atoms with Crippen molar-refractivity contribution < 1.29 is 9.21 Å². The van der Waals surface area contributed by atoms with Crippen LogP contribution in [0.25, 0.3) is 22.5 Å². The summed E-state index contributed by atoms with van der Waals surface area (Å²) in [6, 6.07) is 15.6. The first-order valence-electron chi connectivity index (χ1n) is 10.8. The highest BCUT2D eigenvalue weighted by molar-refractivity contribution is 6.13. The smallest absolute Gasteiger partial charge is 0.257 e. The monoisotopic (exact) mass is 440 g/mol. The molecule has 5 rings (SSSR count). The number of hydrogen-bond acceptors (Lipinski definition) is 5. The van der Waals surface area contributed by atoms with Crippen LogP contribution in [0.4, 0.5) is 5.82 Å². The van der Waals surface area contributed by atoms with Crippen LogP contribution in [-0.4, -0.2) is 30.5 Å². The quantitative estimate of drug-likeness (QED) is 0.417. The van der Waals surface area contributed by atoms with Crippen LogP contribution in [0.15, 0.2) is 65.4 Å². The van der Waals surface area contributed by atoms with E-state index in [2.05, 4.69) is 51.7 Å². The van der Waals surface area contributed by atoms with Crippen LogP contribution in [0.3, 0.4) is 0 Å². The molecule has 0 bridgehead atoms. The van der Waals surface area contributed by atoms with Gasteiger partial charge in [-0.05, 0) is 42.7 Å². The number of pyridine rings is 1. The third-order valence-corrected chi connectivity index (χ3v) is 5.71. The topological polar surface area (TPSA) is 90.8 Å². The first-order valence-corrected chi connectivity index (χ1v) is 10.8. The van der Waals surface area contributed by atoms with Crippen LogP contribution >= 0.6 is 0 Å². The lowest BCUT2D eigenvalue weighted by atomic mass is 10.1. The second-order valence-corrected chi connectivity index (χ2v) is 7.94. The highest BCUT2D eigenvalue weighted by atomic mass is 16.3. The van der Waals surface area contributed by atoms with E-state index in [1.54, 1.807) is 40.0 Å². The molecule has 4 aromatic heterocycles. The number of nitrogens with one attached hydrogen (secondary N) is 1. The second-order valence-electron chi connectivity index (χ2n) is 7.94. The van der Waals surface area contributed by atoms with Crippen molar-refractivity contribution >= 4 is 22.8 Å². The van der Waals surface area contributed by atoms with Crippen molar-refractivity contribution in [1.29, 1.82) is 0 Å². The molecule has 0 aliphatic carbocycles. The van der Waals surface area contributed by atoms with E-state index in [0.29, 0.717) is 40.4 Å².